The zero-order valence-electron chi connectivity index (χ0n) is 7.31. The molecule has 0 saturated heterocycles. The highest BCUT2D eigenvalue weighted by Gasteiger charge is 2.06. The third kappa shape index (κ3) is 2.43. The number of hydrogen-bond acceptors (Lipinski definition) is 4. The van der Waals surface area contributed by atoms with Crippen LogP contribution in [-0.4, -0.2) is 18.1 Å². The summed E-state index contributed by atoms with van der Waals surface area (Å²) in [5.41, 5.74) is 0. The normalized spacial score (nSPS) is 8.79. The Labute approximate surface area is 80.8 Å². The topological polar surface area (TPSA) is 63.7 Å². The number of pyridine rings is 1. The number of aromatic nitrogens is 1. The van der Waals surface area contributed by atoms with Gasteiger partial charge in [-0.15, -0.1) is 0 Å². The Morgan fingerprint density at radius 1 is 1.29 bits per heavy atom. The van der Waals surface area contributed by atoms with Crippen LogP contribution in [0.15, 0.2) is 18.2 Å². The van der Waals surface area contributed by atoms with Crippen molar-refractivity contribution in [2.45, 2.75) is 0 Å². The summed E-state index contributed by atoms with van der Waals surface area (Å²) in [4.78, 5) is 4.96. The fraction of sp³-hybridized carbons (Fsp3) is 0.222. The maximum absolute atomic E-state index is 12.7. The average Bonchev–Trinajstić information content (AvgIpc) is 2.17. The summed E-state index contributed by atoms with van der Waals surface area (Å²) in [6, 6.07) is 8.01. The van der Waals surface area contributed by atoms with Crippen molar-refractivity contribution in [3.63, 3.8) is 0 Å². The van der Waals surface area contributed by atoms with Gasteiger partial charge in [0.25, 0.3) is 0 Å². The Hall–Kier alpha value is -2.14. The van der Waals surface area contributed by atoms with Gasteiger partial charge in [-0.1, -0.05) is 6.07 Å². The molecule has 5 heteroatoms. The standard InChI is InChI=1S/C9H7FN4/c10-8-2-1-3-9(13-8)14(6-4-11)7-5-12/h1-3H,6-7H2. The van der Waals surface area contributed by atoms with Gasteiger partial charge in [0.05, 0.1) is 12.1 Å². The third-order valence-electron chi connectivity index (χ3n) is 1.55. The van der Waals surface area contributed by atoms with Gasteiger partial charge in [-0.2, -0.15) is 14.9 Å². The summed E-state index contributed by atoms with van der Waals surface area (Å²) in [7, 11) is 0. The fourth-order valence-corrected chi connectivity index (χ4v) is 0.962. The first-order valence-corrected chi connectivity index (χ1v) is 3.89. The summed E-state index contributed by atoms with van der Waals surface area (Å²) < 4.78 is 12.7. The number of anilines is 1. The van der Waals surface area contributed by atoms with E-state index in [9.17, 15) is 4.39 Å². The van der Waals surface area contributed by atoms with Gasteiger partial charge >= 0.3 is 0 Å². The van der Waals surface area contributed by atoms with Crippen LogP contribution in [0.3, 0.4) is 0 Å². The first-order valence-electron chi connectivity index (χ1n) is 3.89. The van der Waals surface area contributed by atoms with Gasteiger partial charge in [-0.25, -0.2) is 4.98 Å². The molecule has 0 bridgehead atoms. The number of nitriles is 2. The van der Waals surface area contributed by atoms with Gasteiger partial charge < -0.3 is 4.90 Å². The van der Waals surface area contributed by atoms with E-state index in [1.165, 1.54) is 17.0 Å². The fourth-order valence-electron chi connectivity index (χ4n) is 0.962. The summed E-state index contributed by atoms with van der Waals surface area (Å²) in [5.74, 6) is -0.323. The molecule has 0 amide bonds. The second-order valence-corrected chi connectivity index (χ2v) is 2.49. The Morgan fingerprint density at radius 3 is 2.43 bits per heavy atom. The molecule has 1 rings (SSSR count). The van der Waals surface area contributed by atoms with E-state index in [1.54, 1.807) is 6.07 Å². The van der Waals surface area contributed by atoms with E-state index in [2.05, 4.69) is 4.98 Å². The molecule has 0 saturated carbocycles. The van der Waals surface area contributed by atoms with E-state index in [-0.39, 0.29) is 13.1 Å². The van der Waals surface area contributed by atoms with Crippen molar-refractivity contribution in [3.8, 4) is 12.1 Å². The minimum absolute atomic E-state index is 0.0179. The van der Waals surface area contributed by atoms with Crippen LogP contribution < -0.4 is 4.90 Å². The average molecular weight is 190 g/mol. The van der Waals surface area contributed by atoms with Crippen molar-refractivity contribution in [2.24, 2.45) is 0 Å². The van der Waals surface area contributed by atoms with E-state index in [4.69, 9.17) is 10.5 Å². The predicted octanol–water partition coefficient (Wildman–Crippen LogP) is 1.07. The largest absolute Gasteiger partial charge is 0.330 e. The summed E-state index contributed by atoms with van der Waals surface area (Å²) in [5, 5.41) is 16.9. The van der Waals surface area contributed by atoms with Crippen molar-refractivity contribution in [3.05, 3.63) is 24.1 Å². The SMILES string of the molecule is N#CCN(CC#N)c1cccc(F)n1. The molecule has 0 aromatic carbocycles. The molecule has 0 aliphatic rings. The second kappa shape index (κ2) is 4.78. The van der Waals surface area contributed by atoms with Crippen LogP contribution in [0.25, 0.3) is 0 Å². The monoisotopic (exact) mass is 190 g/mol. The van der Waals surface area contributed by atoms with Crippen LogP contribution in [0.5, 0.6) is 0 Å². The van der Waals surface area contributed by atoms with Crippen LogP contribution in [0.2, 0.25) is 0 Å². The molecule has 0 spiro atoms. The van der Waals surface area contributed by atoms with Gasteiger partial charge in [-0.05, 0) is 12.1 Å². The lowest BCUT2D eigenvalue weighted by molar-refractivity contribution is 0.582. The quantitative estimate of drug-likeness (QED) is 0.528. The van der Waals surface area contributed by atoms with Gasteiger partial charge in [0.1, 0.15) is 18.9 Å². The molecule has 4 nitrogen and oxygen atoms in total. The number of nitrogens with zero attached hydrogens (tertiary/aromatic N) is 4. The Bertz CT molecular complexity index is 375. The molecular weight excluding hydrogens is 183 g/mol. The number of rotatable bonds is 3. The van der Waals surface area contributed by atoms with Gasteiger partial charge in [-0.3, -0.25) is 0 Å². The molecule has 0 fully saturated rings. The van der Waals surface area contributed by atoms with E-state index in [0.717, 1.165) is 0 Å². The molecule has 0 atom stereocenters. The van der Waals surface area contributed by atoms with E-state index >= 15 is 0 Å². The molecule has 0 aliphatic heterocycles. The van der Waals surface area contributed by atoms with Crippen molar-refractivity contribution < 1.29 is 4.39 Å². The molecule has 1 aromatic heterocycles. The smallest absolute Gasteiger partial charge is 0.214 e. The number of halogens is 1. The maximum Gasteiger partial charge on any atom is 0.214 e. The van der Waals surface area contributed by atoms with E-state index in [1.807, 2.05) is 12.1 Å². The zero-order chi connectivity index (χ0) is 10.4. The van der Waals surface area contributed by atoms with Gasteiger partial charge in [0, 0.05) is 0 Å². The lowest BCUT2D eigenvalue weighted by atomic mass is 10.4. The molecule has 70 valence electrons. The molecule has 1 heterocycles. The Kier molecular flexibility index (Phi) is 3.40. The lowest BCUT2D eigenvalue weighted by Crippen LogP contribution is -2.24. The third-order valence-corrected chi connectivity index (χ3v) is 1.55. The van der Waals surface area contributed by atoms with E-state index < -0.39 is 5.95 Å². The van der Waals surface area contributed by atoms with Gasteiger partial charge in [0.15, 0.2) is 0 Å². The second-order valence-electron chi connectivity index (χ2n) is 2.49. The molecule has 14 heavy (non-hydrogen) atoms. The molecule has 0 radical (unpaired) electrons. The summed E-state index contributed by atoms with van der Waals surface area (Å²) in [6.07, 6.45) is 0. The first-order chi connectivity index (χ1) is 6.77. The molecular formula is C9H7FN4. The highest BCUT2D eigenvalue weighted by Crippen LogP contribution is 2.09. The minimum Gasteiger partial charge on any atom is -0.330 e. The van der Waals surface area contributed by atoms with Crippen LogP contribution in [0.4, 0.5) is 10.2 Å². The molecule has 0 unspecified atom stereocenters. The molecule has 0 aliphatic carbocycles. The van der Waals surface area contributed by atoms with Crippen molar-refractivity contribution >= 4 is 5.82 Å². The molecule has 1 aromatic rings. The number of hydrogen-bond donors (Lipinski definition) is 0. The lowest BCUT2D eigenvalue weighted by Gasteiger charge is -2.15. The van der Waals surface area contributed by atoms with Crippen LogP contribution in [0, 0.1) is 28.6 Å². The summed E-state index contributed by atoms with van der Waals surface area (Å²) >= 11 is 0. The summed E-state index contributed by atoms with van der Waals surface area (Å²) in [6.45, 7) is 0.0357. The minimum atomic E-state index is -0.622. The molecule has 0 N–H and O–H groups in total. The zero-order valence-corrected chi connectivity index (χ0v) is 7.31. The van der Waals surface area contributed by atoms with Crippen molar-refractivity contribution in [1.29, 1.82) is 10.5 Å². The Morgan fingerprint density at radius 2 is 1.93 bits per heavy atom. The van der Waals surface area contributed by atoms with Crippen LogP contribution in [-0.2, 0) is 0 Å². The Balaban J connectivity index is 2.89. The van der Waals surface area contributed by atoms with Crippen molar-refractivity contribution in [2.75, 3.05) is 18.0 Å². The highest BCUT2D eigenvalue weighted by molar-refractivity contribution is 5.40. The maximum atomic E-state index is 12.7. The highest BCUT2D eigenvalue weighted by atomic mass is 19.1. The van der Waals surface area contributed by atoms with Crippen molar-refractivity contribution in [1.82, 2.24) is 4.98 Å². The van der Waals surface area contributed by atoms with E-state index in [0.29, 0.717) is 5.82 Å². The van der Waals surface area contributed by atoms with Crippen LogP contribution in [0.1, 0.15) is 0 Å². The van der Waals surface area contributed by atoms with Gasteiger partial charge in [0.2, 0.25) is 5.95 Å². The first kappa shape index (κ1) is 9.94. The predicted molar refractivity (Wildman–Crippen MR) is 47.6 cm³/mol. The van der Waals surface area contributed by atoms with Crippen LogP contribution >= 0.6 is 0 Å².